The Labute approximate surface area is 307 Å². The molecule has 0 amide bonds. The fourth-order valence-corrected chi connectivity index (χ4v) is 10.6. The molecule has 0 saturated heterocycles. The average Bonchev–Trinajstić information content (AvgIpc) is 3.84. The van der Waals surface area contributed by atoms with Crippen LogP contribution in [0, 0.1) is 0 Å². The number of anilines is 2. The minimum Gasteiger partial charge on any atom is -0.330 e. The van der Waals surface area contributed by atoms with Crippen molar-refractivity contribution in [3.8, 4) is 16.8 Å². The van der Waals surface area contributed by atoms with E-state index in [1.807, 2.05) is 11.3 Å². The van der Waals surface area contributed by atoms with E-state index in [9.17, 15) is 0 Å². The summed E-state index contributed by atoms with van der Waals surface area (Å²) in [6, 6.07) is 64.7. The van der Waals surface area contributed by atoms with E-state index >= 15 is 0 Å². The second kappa shape index (κ2) is 11.2. The van der Waals surface area contributed by atoms with Crippen LogP contribution in [0.5, 0.6) is 0 Å². The van der Waals surface area contributed by atoms with Crippen molar-refractivity contribution < 1.29 is 0 Å². The second-order valence-corrected chi connectivity index (χ2v) is 15.3. The fourth-order valence-electron chi connectivity index (χ4n) is 9.38. The summed E-state index contributed by atoms with van der Waals surface area (Å²) in [6.45, 7) is 2.49. The average molecular weight is 683 g/mol. The summed E-state index contributed by atoms with van der Waals surface area (Å²) in [4.78, 5) is 3.98. The number of benzene rings is 7. The number of hydrogen-bond acceptors (Lipinski definition) is 2. The van der Waals surface area contributed by atoms with Gasteiger partial charge in [-0.15, -0.1) is 11.3 Å². The number of hydrogen-bond donors (Lipinski definition) is 0. The molecular weight excluding hydrogens is 649 g/mol. The summed E-state index contributed by atoms with van der Waals surface area (Å²) < 4.78 is 3.78. The molecule has 2 nitrogen and oxygen atoms in total. The number of thiophene rings is 1. The standard InChI is InChI=1S/C49H34N2S/c1-49-47(38-22-9-12-25-44(38)51(49)35-18-6-3-7-19-35)40(31-46-48(49)39-23-10-13-26-45(39)52-46)34-27-28-43-41(30-34)37-21-8-11-24-42(37)50(43)36-20-14-17-33(29-36)32-15-4-2-5-16-32/h2-31,47H,1H3. The maximum absolute atomic E-state index is 2.63. The Morgan fingerprint density at radius 2 is 1.19 bits per heavy atom. The third kappa shape index (κ3) is 4.11. The van der Waals surface area contributed by atoms with Crippen LogP contribution in [0.2, 0.25) is 0 Å². The van der Waals surface area contributed by atoms with E-state index in [-0.39, 0.29) is 11.5 Å². The van der Waals surface area contributed by atoms with Gasteiger partial charge >= 0.3 is 0 Å². The Bertz CT molecular complexity index is 2880. The lowest BCUT2D eigenvalue weighted by Gasteiger charge is -2.45. The normalized spacial score (nSPS) is 17.7. The van der Waals surface area contributed by atoms with Crippen molar-refractivity contribution in [2.24, 2.45) is 0 Å². The molecule has 0 saturated carbocycles. The van der Waals surface area contributed by atoms with Gasteiger partial charge in [0, 0.05) is 48.9 Å². The van der Waals surface area contributed by atoms with E-state index < -0.39 is 0 Å². The molecule has 11 rings (SSSR count). The van der Waals surface area contributed by atoms with Crippen molar-refractivity contribution in [3.63, 3.8) is 0 Å². The number of nitrogens with zero attached hydrogens (tertiary/aromatic N) is 2. The molecule has 246 valence electrons. The molecule has 2 aromatic heterocycles. The van der Waals surface area contributed by atoms with E-state index in [2.05, 4.69) is 198 Å². The molecule has 1 aliphatic carbocycles. The molecule has 0 N–H and O–H groups in total. The topological polar surface area (TPSA) is 8.17 Å². The molecule has 9 aromatic rings. The summed E-state index contributed by atoms with van der Waals surface area (Å²) in [5.74, 6) is 0.128. The number of rotatable bonds is 4. The van der Waals surface area contributed by atoms with E-state index in [1.165, 1.54) is 87.2 Å². The van der Waals surface area contributed by atoms with Gasteiger partial charge in [0.2, 0.25) is 0 Å². The van der Waals surface area contributed by atoms with Crippen LogP contribution in [0.4, 0.5) is 11.4 Å². The number of fused-ring (bicyclic) bond motifs is 10. The maximum atomic E-state index is 2.63. The van der Waals surface area contributed by atoms with E-state index in [4.69, 9.17) is 0 Å². The van der Waals surface area contributed by atoms with Gasteiger partial charge in [-0.1, -0.05) is 121 Å². The lowest BCUT2D eigenvalue weighted by Crippen LogP contribution is -2.42. The van der Waals surface area contributed by atoms with Crippen LogP contribution in [0.1, 0.15) is 34.4 Å². The lowest BCUT2D eigenvalue weighted by atomic mass is 9.68. The van der Waals surface area contributed by atoms with E-state index in [0.717, 1.165) is 0 Å². The van der Waals surface area contributed by atoms with Crippen molar-refractivity contribution in [2.45, 2.75) is 18.4 Å². The van der Waals surface area contributed by atoms with Crippen molar-refractivity contribution in [1.29, 1.82) is 0 Å². The van der Waals surface area contributed by atoms with Gasteiger partial charge in [-0.25, -0.2) is 0 Å². The molecule has 2 unspecified atom stereocenters. The molecule has 0 spiro atoms. The summed E-state index contributed by atoms with van der Waals surface area (Å²) in [6.07, 6.45) is 2.52. The molecule has 0 radical (unpaired) electrons. The summed E-state index contributed by atoms with van der Waals surface area (Å²) in [5.41, 5.74) is 13.7. The molecule has 1 aliphatic heterocycles. The maximum Gasteiger partial charge on any atom is 0.0804 e. The van der Waals surface area contributed by atoms with Gasteiger partial charge in [0.1, 0.15) is 0 Å². The third-order valence-electron chi connectivity index (χ3n) is 11.5. The molecular formula is C49H34N2S. The van der Waals surface area contributed by atoms with Gasteiger partial charge in [-0.05, 0) is 101 Å². The predicted octanol–water partition coefficient (Wildman–Crippen LogP) is 13.4. The van der Waals surface area contributed by atoms with E-state index in [1.54, 1.807) is 0 Å². The summed E-state index contributed by atoms with van der Waals surface area (Å²) >= 11 is 1.92. The van der Waals surface area contributed by atoms with Crippen LogP contribution in [0.3, 0.4) is 0 Å². The lowest BCUT2D eigenvalue weighted by molar-refractivity contribution is 0.473. The van der Waals surface area contributed by atoms with Crippen molar-refractivity contribution in [2.75, 3.05) is 4.90 Å². The molecule has 2 aliphatic rings. The first-order chi connectivity index (χ1) is 25.7. The van der Waals surface area contributed by atoms with Crippen LogP contribution in [-0.2, 0) is 5.54 Å². The summed E-state index contributed by atoms with van der Waals surface area (Å²) in [5, 5.41) is 3.90. The fraction of sp³-hybridized carbons (Fsp3) is 0.0612. The van der Waals surface area contributed by atoms with Crippen molar-refractivity contribution in [3.05, 3.63) is 197 Å². The highest BCUT2D eigenvalue weighted by molar-refractivity contribution is 7.20. The first-order valence-corrected chi connectivity index (χ1v) is 18.9. The monoisotopic (exact) mass is 682 g/mol. The summed E-state index contributed by atoms with van der Waals surface area (Å²) in [7, 11) is 0. The zero-order chi connectivity index (χ0) is 34.4. The minimum atomic E-state index is -0.342. The van der Waals surface area contributed by atoms with Crippen LogP contribution < -0.4 is 4.90 Å². The van der Waals surface area contributed by atoms with Gasteiger partial charge in [0.25, 0.3) is 0 Å². The molecule has 52 heavy (non-hydrogen) atoms. The van der Waals surface area contributed by atoms with Gasteiger partial charge in [0.05, 0.1) is 16.6 Å². The molecule has 7 aromatic carbocycles. The van der Waals surface area contributed by atoms with Gasteiger partial charge in [0.15, 0.2) is 0 Å². The number of para-hydroxylation sites is 3. The van der Waals surface area contributed by atoms with Crippen LogP contribution >= 0.6 is 11.3 Å². The van der Waals surface area contributed by atoms with Crippen LogP contribution in [-0.4, -0.2) is 4.57 Å². The molecule has 0 fully saturated rings. The zero-order valence-electron chi connectivity index (χ0n) is 28.7. The third-order valence-corrected chi connectivity index (χ3v) is 12.6. The number of aromatic nitrogens is 1. The molecule has 3 heteroatoms. The minimum absolute atomic E-state index is 0.128. The SMILES string of the molecule is CC12c3c(sc4ccccc34)C=C(c3ccc4c(c3)c3ccccc3n4-c3cccc(-c4ccccc4)c3)C1c1ccccc1N2c1ccccc1. The highest BCUT2D eigenvalue weighted by atomic mass is 32.1. The Morgan fingerprint density at radius 3 is 2.06 bits per heavy atom. The first-order valence-electron chi connectivity index (χ1n) is 18.1. The van der Waals surface area contributed by atoms with E-state index in [0.29, 0.717) is 0 Å². The smallest absolute Gasteiger partial charge is 0.0804 e. The molecule has 0 bridgehead atoms. The zero-order valence-corrected chi connectivity index (χ0v) is 29.5. The van der Waals surface area contributed by atoms with Gasteiger partial charge in [-0.2, -0.15) is 0 Å². The highest BCUT2D eigenvalue weighted by Gasteiger charge is 2.55. The van der Waals surface area contributed by atoms with Crippen molar-refractivity contribution >= 4 is 66.3 Å². The van der Waals surface area contributed by atoms with Gasteiger partial charge in [-0.3, -0.25) is 0 Å². The largest absolute Gasteiger partial charge is 0.330 e. The van der Waals surface area contributed by atoms with Crippen molar-refractivity contribution in [1.82, 2.24) is 4.57 Å². The van der Waals surface area contributed by atoms with Crippen LogP contribution in [0.15, 0.2) is 176 Å². The quantitative estimate of drug-likeness (QED) is 0.179. The predicted molar refractivity (Wildman–Crippen MR) is 221 cm³/mol. The Morgan fingerprint density at radius 1 is 0.519 bits per heavy atom. The van der Waals surface area contributed by atoms with Crippen LogP contribution in [0.25, 0.3) is 60.4 Å². The molecule has 3 heterocycles. The van der Waals surface area contributed by atoms with Gasteiger partial charge < -0.3 is 9.47 Å². The first kappa shape index (κ1) is 29.6. The molecule has 2 atom stereocenters. The Hall–Kier alpha value is -6.16. The second-order valence-electron chi connectivity index (χ2n) is 14.2. The highest BCUT2D eigenvalue weighted by Crippen LogP contribution is 2.65. The Balaban J connectivity index is 1.16. The Kier molecular flexibility index (Phi) is 6.35.